The smallest absolute Gasteiger partial charge is 0.0549 e. The van der Waals surface area contributed by atoms with Crippen LogP contribution in [0.25, 0.3) is 0 Å². The van der Waals surface area contributed by atoms with E-state index in [0.29, 0.717) is 6.04 Å². The van der Waals surface area contributed by atoms with Gasteiger partial charge in [-0.15, -0.1) is 0 Å². The number of rotatable bonds is 4. The number of hydrogen-bond donors (Lipinski definition) is 1. The molecule has 0 aliphatic carbocycles. The maximum atomic E-state index is 5.99. The Morgan fingerprint density at radius 2 is 1.89 bits per heavy atom. The quantitative estimate of drug-likeness (QED) is 0.764. The van der Waals surface area contributed by atoms with Crippen LogP contribution in [0.3, 0.4) is 0 Å². The average Bonchev–Trinajstić information content (AvgIpc) is 2.41. The minimum atomic E-state index is 0.319. The fourth-order valence-electron chi connectivity index (χ4n) is 1.89. The third kappa shape index (κ3) is 3.27. The maximum Gasteiger partial charge on any atom is 0.0549 e. The molecule has 1 atom stereocenters. The van der Waals surface area contributed by atoms with Gasteiger partial charge < -0.3 is 5.32 Å². The van der Waals surface area contributed by atoms with Crippen LogP contribution in [0.1, 0.15) is 24.9 Å². The molecule has 0 saturated carbocycles. The first-order chi connectivity index (χ1) is 8.70. The van der Waals surface area contributed by atoms with Gasteiger partial charge in [-0.2, -0.15) is 0 Å². The zero-order chi connectivity index (χ0) is 13.0. The van der Waals surface area contributed by atoms with Crippen LogP contribution in [-0.4, -0.2) is 0 Å². The molecule has 0 heterocycles. The normalized spacial score (nSPS) is 12.2. The molecule has 0 radical (unpaired) electrons. The van der Waals surface area contributed by atoms with Crippen molar-refractivity contribution in [2.24, 2.45) is 0 Å². The van der Waals surface area contributed by atoms with Gasteiger partial charge in [0, 0.05) is 10.2 Å². The molecule has 0 amide bonds. The van der Waals surface area contributed by atoms with Gasteiger partial charge in [-0.05, 0) is 46.1 Å². The second kappa shape index (κ2) is 6.26. The lowest BCUT2D eigenvalue weighted by Crippen LogP contribution is -2.09. The highest BCUT2D eigenvalue weighted by Gasteiger charge is 2.09. The van der Waals surface area contributed by atoms with Crippen molar-refractivity contribution < 1.29 is 0 Å². The lowest BCUT2D eigenvalue weighted by atomic mass is 10.0. The van der Waals surface area contributed by atoms with Crippen LogP contribution in [0.4, 0.5) is 5.69 Å². The van der Waals surface area contributed by atoms with Crippen molar-refractivity contribution in [3.8, 4) is 0 Å². The summed E-state index contributed by atoms with van der Waals surface area (Å²) in [6.45, 7) is 2.18. The van der Waals surface area contributed by atoms with E-state index in [9.17, 15) is 0 Å². The summed E-state index contributed by atoms with van der Waals surface area (Å²) < 4.78 is 0.914. The molecule has 2 rings (SSSR count). The van der Waals surface area contributed by atoms with Crippen LogP contribution in [0, 0.1) is 0 Å². The predicted molar refractivity (Wildman–Crippen MR) is 82.2 cm³/mol. The van der Waals surface area contributed by atoms with Gasteiger partial charge in [-0.3, -0.25) is 0 Å². The van der Waals surface area contributed by atoms with E-state index >= 15 is 0 Å². The van der Waals surface area contributed by atoms with Crippen molar-refractivity contribution in [3.63, 3.8) is 0 Å². The van der Waals surface area contributed by atoms with Gasteiger partial charge in [-0.1, -0.05) is 48.9 Å². The molecule has 18 heavy (non-hydrogen) atoms. The lowest BCUT2D eigenvalue weighted by molar-refractivity contribution is 0.749. The Kier molecular flexibility index (Phi) is 4.67. The molecular weight excluding hydrogens is 310 g/mol. The van der Waals surface area contributed by atoms with Crippen molar-refractivity contribution in [1.29, 1.82) is 0 Å². The summed E-state index contributed by atoms with van der Waals surface area (Å²) in [5.74, 6) is 0. The number of nitrogens with one attached hydrogen (secondary N) is 1. The highest BCUT2D eigenvalue weighted by Crippen LogP contribution is 2.28. The van der Waals surface area contributed by atoms with Crippen molar-refractivity contribution in [2.75, 3.05) is 5.32 Å². The molecule has 1 nitrogen and oxygen atoms in total. The molecular formula is C15H15BrClN. The Morgan fingerprint density at radius 1 is 1.17 bits per heavy atom. The van der Waals surface area contributed by atoms with Gasteiger partial charge in [0.1, 0.15) is 0 Å². The van der Waals surface area contributed by atoms with Crippen molar-refractivity contribution in [3.05, 3.63) is 63.6 Å². The first kappa shape index (κ1) is 13.4. The van der Waals surface area contributed by atoms with Crippen LogP contribution in [0.5, 0.6) is 0 Å². The lowest BCUT2D eigenvalue weighted by Gasteiger charge is -2.19. The first-order valence-electron chi connectivity index (χ1n) is 5.97. The first-order valence-corrected chi connectivity index (χ1v) is 7.14. The molecule has 0 fully saturated rings. The van der Waals surface area contributed by atoms with E-state index in [1.807, 2.05) is 24.3 Å². The van der Waals surface area contributed by atoms with Gasteiger partial charge in [0.15, 0.2) is 0 Å². The summed E-state index contributed by atoms with van der Waals surface area (Å²) in [4.78, 5) is 0. The summed E-state index contributed by atoms with van der Waals surface area (Å²) >= 11 is 9.44. The average molecular weight is 325 g/mol. The van der Waals surface area contributed by atoms with Crippen molar-refractivity contribution >= 4 is 33.2 Å². The van der Waals surface area contributed by atoms with Crippen LogP contribution in [0.2, 0.25) is 5.02 Å². The fraction of sp³-hybridized carbons (Fsp3) is 0.200. The van der Waals surface area contributed by atoms with E-state index in [1.165, 1.54) is 5.56 Å². The van der Waals surface area contributed by atoms with Crippen LogP contribution >= 0.6 is 27.5 Å². The summed E-state index contributed by atoms with van der Waals surface area (Å²) in [6, 6.07) is 16.7. The number of hydrogen-bond acceptors (Lipinski definition) is 1. The zero-order valence-electron chi connectivity index (χ0n) is 10.2. The highest BCUT2D eigenvalue weighted by molar-refractivity contribution is 9.10. The zero-order valence-corrected chi connectivity index (χ0v) is 12.5. The number of halogens is 2. The van der Waals surface area contributed by atoms with Crippen molar-refractivity contribution in [1.82, 2.24) is 0 Å². The van der Waals surface area contributed by atoms with E-state index in [-0.39, 0.29) is 0 Å². The van der Waals surface area contributed by atoms with E-state index < -0.39 is 0 Å². The van der Waals surface area contributed by atoms with Gasteiger partial charge in [0.25, 0.3) is 0 Å². The fourth-order valence-corrected chi connectivity index (χ4v) is 2.39. The van der Waals surface area contributed by atoms with Gasteiger partial charge in [0.05, 0.1) is 11.1 Å². The molecule has 1 unspecified atom stereocenters. The topological polar surface area (TPSA) is 12.0 Å². The molecule has 3 heteroatoms. The SMILES string of the molecule is CCC(Nc1ccc(Cl)c(Br)c1)c1ccccc1. The highest BCUT2D eigenvalue weighted by atomic mass is 79.9. The van der Waals surface area contributed by atoms with Crippen LogP contribution < -0.4 is 5.32 Å². The molecule has 0 spiro atoms. The second-order valence-electron chi connectivity index (χ2n) is 4.14. The second-order valence-corrected chi connectivity index (χ2v) is 5.41. The Morgan fingerprint density at radius 3 is 2.50 bits per heavy atom. The molecule has 0 aliphatic rings. The molecule has 0 aromatic heterocycles. The molecule has 0 aliphatic heterocycles. The molecule has 1 N–H and O–H groups in total. The van der Waals surface area contributed by atoms with Crippen LogP contribution in [-0.2, 0) is 0 Å². The van der Waals surface area contributed by atoms with E-state index in [4.69, 9.17) is 11.6 Å². The van der Waals surface area contributed by atoms with Gasteiger partial charge in [0.2, 0.25) is 0 Å². The molecule has 0 saturated heterocycles. The largest absolute Gasteiger partial charge is 0.378 e. The third-order valence-electron chi connectivity index (χ3n) is 2.87. The van der Waals surface area contributed by atoms with E-state index in [1.54, 1.807) is 0 Å². The number of anilines is 1. The summed E-state index contributed by atoms with van der Waals surface area (Å²) in [5, 5.41) is 4.25. The Balaban J connectivity index is 2.18. The summed E-state index contributed by atoms with van der Waals surface area (Å²) in [6.07, 6.45) is 1.03. The molecule has 2 aromatic carbocycles. The Hall–Kier alpha value is -0.990. The van der Waals surface area contributed by atoms with Gasteiger partial charge in [-0.25, -0.2) is 0 Å². The summed E-state index contributed by atoms with van der Waals surface area (Å²) in [5.41, 5.74) is 2.37. The van der Waals surface area contributed by atoms with E-state index in [0.717, 1.165) is 21.6 Å². The third-order valence-corrected chi connectivity index (χ3v) is 4.08. The summed E-state index contributed by atoms with van der Waals surface area (Å²) in [7, 11) is 0. The molecule has 94 valence electrons. The molecule has 2 aromatic rings. The molecule has 0 bridgehead atoms. The monoisotopic (exact) mass is 323 g/mol. The number of benzene rings is 2. The Labute approximate surface area is 121 Å². The van der Waals surface area contributed by atoms with Crippen LogP contribution in [0.15, 0.2) is 53.0 Å². The van der Waals surface area contributed by atoms with Crippen molar-refractivity contribution in [2.45, 2.75) is 19.4 Å². The maximum absolute atomic E-state index is 5.99. The van der Waals surface area contributed by atoms with Gasteiger partial charge >= 0.3 is 0 Å². The minimum Gasteiger partial charge on any atom is -0.378 e. The Bertz CT molecular complexity index is 513. The van der Waals surface area contributed by atoms with E-state index in [2.05, 4.69) is 52.4 Å². The minimum absolute atomic E-state index is 0.319. The standard InChI is InChI=1S/C15H15BrClN/c1-2-15(11-6-4-3-5-7-11)18-12-8-9-14(17)13(16)10-12/h3-10,15,18H,2H2,1H3. The predicted octanol–water partition coefficient (Wildman–Crippen LogP) is 5.67.